The molecule has 2 aromatic rings. The number of sulfonamides is 1. The summed E-state index contributed by atoms with van der Waals surface area (Å²) in [7, 11) is -3.47. The van der Waals surface area contributed by atoms with E-state index >= 15 is 0 Å². The monoisotopic (exact) mass is 440 g/mol. The van der Waals surface area contributed by atoms with Crippen LogP contribution in [0, 0.1) is 0 Å². The minimum Gasteiger partial charge on any atom is -0.351 e. The third-order valence-corrected chi connectivity index (χ3v) is 7.93. The van der Waals surface area contributed by atoms with Crippen molar-refractivity contribution in [2.24, 2.45) is 0 Å². The Kier molecular flexibility index (Phi) is 8.37. The molecule has 0 aliphatic rings. The fourth-order valence-electron chi connectivity index (χ4n) is 2.61. The fourth-order valence-corrected chi connectivity index (χ4v) is 5.25. The minimum absolute atomic E-state index is 0.107. The number of nitrogens with one attached hydrogen (secondary N) is 1. The maximum Gasteiger partial charge on any atom is 0.243 e. The molecular weight excluding hydrogens is 416 g/mol. The van der Waals surface area contributed by atoms with Crippen LogP contribution >= 0.6 is 23.4 Å². The summed E-state index contributed by atoms with van der Waals surface area (Å²) in [5.41, 5.74) is 0.835. The fraction of sp³-hybridized carbons (Fsp3) is 0.350. The first kappa shape index (κ1) is 22.7. The first-order chi connectivity index (χ1) is 13.3. The number of nitrogens with zero attached hydrogens (tertiary/aromatic N) is 1. The molecule has 1 amide bonds. The highest BCUT2D eigenvalue weighted by Gasteiger charge is 2.21. The van der Waals surface area contributed by atoms with E-state index in [4.69, 9.17) is 11.6 Å². The lowest BCUT2D eigenvalue weighted by Crippen LogP contribution is -2.31. The van der Waals surface area contributed by atoms with Gasteiger partial charge in [0.2, 0.25) is 15.9 Å². The molecule has 0 aromatic heterocycles. The van der Waals surface area contributed by atoms with Gasteiger partial charge in [0.1, 0.15) is 0 Å². The maximum atomic E-state index is 12.5. The number of hydrogen-bond donors (Lipinski definition) is 1. The van der Waals surface area contributed by atoms with Crippen LogP contribution < -0.4 is 5.32 Å². The Labute approximate surface area is 176 Å². The summed E-state index contributed by atoms with van der Waals surface area (Å²) in [6.45, 7) is 6.63. The second kappa shape index (κ2) is 10.3. The summed E-state index contributed by atoms with van der Waals surface area (Å²) in [6.07, 6.45) is 0. The van der Waals surface area contributed by atoms with E-state index in [0.717, 1.165) is 10.5 Å². The molecule has 1 unspecified atom stereocenters. The first-order valence-electron chi connectivity index (χ1n) is 9.07. The zero-order chi connectivity index (χ0) is 20.7. The van der Waals surface area contributed by atoms with Crippen molar-refractivity contribution in [3.8, 4) is 0 Å². The number of hydrogen-bond acceptors (Lipinski definition) is 4. The highest BCUT2D eigenvalue weighted by atomic mass is 35.5. The van der Waals surface area contributed by atoms with E-state index in [1.807, 2.05) is 39.0 Å². The van der Waals surface area contributed by atoms with Gasteiger partial charge in [-0.05, 0) is 36.8 Å². The third kappa shape index (κ3) is 5.73. The van der Waals surface area contributed by atoms with Crippen molar-refractivity contribution in [3.63, 3.8) is 0 Å². The average molecular weight is 441 g/mol. The molecule has 1 atom stereocenters. The van der Waals surface area contributed by atoms with Crippen LogP contribution in [0.2, 0.25) is 5.02 Å². The van der Waals surface area contributed by atoms with Crippen LogP contribution in [0.15, 0.2) is 58.3 Å². The quantitative estimate of drug-likeness (QED) is 0.594. The lowest BCUT2D eigenvalue weighted by molar-refractivity contribution is -0.120. The Morgan fingerprint density at radius 3 is 2.29 bits per heavy atom. The van der Waals surface area contributed by atoms with Crippen LogP contribution in [-0.4, -0.2) is 37.0 Å². The standard InChI is InChI=1S/C20H25ClN2O3S2/c1-4-23(5-2)28(25,26)17-12-10-16(11-13-17)14-22-20(24)15(3)27-19-9-7-6-8-18(19)21/h6-13,15H,4-5,14H2,1-3H3,(H,22,24). The van der Waals surface area contributed by atoms with E-state index in [1.165, 1.54) is 16.1 Å². The molecule has 2 aromatic carbocycles. The Morgan fingerprint density at radius 1 is 1.11 bits per heavy atom. The van der Waals surface area contributed by atoms with Crippen molar-refractivity contribution < 1.29 is 13.2 Å². The van der Waals surface area contributed by atoms with E-state index < -0.39 is 10.0 Å². The zero-order valence-electron chi connectivity index (χ0n) is 16.2. The number of carbonyl (C=O) groups is 1. The van der Waals surface area contributed by atoms with Crippen molar-refractivity contribution in [3.05, 3.63) is 59.1 Å². The second-order valence-electron chi connectivity index (χ2n) is 6.14. The van der Waals surface area contributed by atoms with Crippen LogP contribution in [-0.2, 0) is 21.4 Å². The molecule has 0 saturated heterocycles. The lowest BCUT2D eigenvalue weighted by Gasteiger charge is -2.18. The number of carbonyl (C=O) groups excluding carboxylic acids is 1. The second-order valence-corrected chi connectivity index (χ2v) is 9.87. The first-order valence-corrected chi connectivity index (χ1v) is 11.8. The molecule has 0 fully saturated rings. The van der Waals surface area contributed by atoms with Gasteiger partial charge >= 0.3 is 0 Å². The van der Waals surface area contributed by atoms with Crippen LogP contribution in [0.1, 0.15) is 26.3 Å². The van der Waals surface area contributed by atoms with Crippen molar-refractivity contribution in [1.82, 2.24) is 9.62 Å². The SMILES string of the molecule is CCN(CC)S(=O)(=O)c1ccc(CNC(=O)C(C)Sc2ccccc2Cl)cc1. The Bertz CT molecular complexity index is 898. The summed E-state index contributed by atoms with van der Waals surface area (Å²) < 4.78 is 26.4. The normalized spacial score (nSPS) is 12.8. The summed E-state index contributed by atoms with van der Waals surface area (Å²) in [6, 6.07) is 14.0. The number of rotatable bonds is 9. The van der Waals surface area contributed by atoms with Gasteiger partial charge in [-0.25, -0.2) is 8.42 Å². The smallest absolute Gasteiger partial charge is 0.243 e. The summed E-state index contributed by atoms with van der Waals surface area (Å²) in [5.74, 6) is -0.107. The molecule has 8 heteroatoms. The van der Waals surface area contributed by atoms with E-state index in [0.29, 0.717) is 24.7 Å². The van der Waals surface area contributed by atoms with Gasteiger partial charge in [0.05, 0.1) is 15.2 Å². The molecule has 0 heterocycles. The van der Waals surface area contributed by atoms with Gasteiger partial charge in [-0.15, -0.1) is 11.8 Å². The van der Waals surface area contributed by atoms with Crippen molar-refractivity contribution in [2.45, 2.75) is 42.4 Å². The molecule has 0 bridgehead atoms. The molecule has 2 rings (SSSR count). The van der Waals surface area contributed by atoms with Gasteiger partial charge in [0.25, 0.3) is 0 Å². The Hall–Kier alpha value is -1.54. The topological polar surface area (TPSA) is 66.5 Å². The number of thioether (sulfide) groups is 1. The molecular formula is C20H25ClN2O3S2. The average Bonchev–Trinajstić information content (AvgIpc) is 2.68. The molecule has 1 N–H and O–H groups in total. The van der Waals surface area contributed by atoms with Gasteiger partial charge in [0, 0.05) is 24.5 Å². The summed E-state index contributed by atoms with van der Waals surface area (Å²) in [4.78, 5) is 13.5. The Morgan fingerprint density at radius 2 is 1.71 bits per heavy atom. The molecule has 0 aliphatic heterocycles. The van der Waals surface area contributed by atoms with Crippen LogP contribution in [0.4, 0.5) is 0 Å². The van der Waals surface area contributed by atoms with E-state index in [-0.39, 0.29) is 16.1 Å². The summed E-state index contributed by atoms with van der Waals surface area (Å²) in [5, 5.41) is 3.20. The van der Waals surface area contributed by atoms with E-state index in [2.05, 4.69) is 5.32 Å². The van der Waals surface area contributed by atoms with Crippen molar-refractivity contribution >= 4 is 39.3 Å². The van der Waals surface area contributed by atoms with Crippen LogP contribution in [0.5, 0.6) is 0 Å². The molecule has 5 nitrogen and oxygen atoms in total. The minimum atomic E-state index is -3.47. The maximum absolute atomic E-state index is 12.5. The largest absolute Gasteiger partial charge is 0.351 e. The number of benzene rings is 2. The van der Waals surface area contributed by atoms with Gasteiger partial charge in [-0.3, -0.25) is 4.79 Å². The molecule has 0 aliphatic carbocycles. The van der Waals surface area contributed by atoms with E-state index in [9.17, 15) is 13.2 Å². The third-order valence-electron chi connectivity index (χ3n) is 4.24. The lowest BCUT2D eigenvalue weighted by atomic mass is 10.2. The van der Waals surface area contributed by atoms with Crippen LogP contribution in [0.25, 0.3) is 0 Å². The van der Waals surface area contributed by atoms with Gasteiger partial charge in [0.15, 0.2) is 0 Å². The van der Waals surface area contributed by atoms with Crippen molar-refractivity contribution in [1.29, 1.82) is 0 Å². The molecule has 0 radical (unpaired) electrons. The summed E-state index contributed by atoms with van der Waals surface area (Å²) >= 11 is 7.53. The van der Waals surface area contributed by atoms with Gasteiger partial charge in [-0.1, -0.05) is 49.7 Å². The van der Waals surface area contributed by atoms with Crippen molar-refractivity contribution in [2.75, 3.05) is 13.1 Å². The molecule has 0 spiro atoms. The Balaban J connectivity index is 1.95. The number of amides is 1. The predicted molar refractivity (Wildman–Crippen MR) is 115 cm³/mol. The number of halogens is 1. The predicted octanol–water partition coefficient (Wildman–Crippen LogP) is 4.17. The molecule has 152 valence electrons. The molecule has 0 saturated carbocycles. The van der Waals surface area contributed by atoms with Gasteiger partial charge < -0.3 is 5.32 Å². The van der Waals surface area contributed by atoms with E-state index in [1.54, 1.807) is 30.3 Å². The zero-order valence-corrected chi connectivity index (χ0v) is 18.6. The van der Waals surface area contributed by atoms with Gasteiger partial charge in [-0.2, -0.15) is 4.31 Å². The molecule has 28 heavy (non-hydrogen) atoms. The highest BCUT2D eigenvalue weighted by Crippen LogP contribution is 2.30. The van der Waals surface area contributed by atoms with Crippen LogP contribution in [0.3, 0.4) is 0 Å². The highest BCUT2D eigenvalue weighted by molar-refractivity contribution is 8.00.